The molecule has 0 aliphatic carbocycles. The van der Waals surface area contributed by atoms with Gasteiger partial charge in [-0.05, 0) is 13.3 Å². The van der Waals surface area contributed by atoms with E-state index in [1.807, 2.05) is 0 Å². The predicted octanol–water partition coefficient (Wildman–Crippen LogP) is 0.465. The number of carbonyl (C=O) groups excluding carboxylic acids is 1. The number of ether oxygens (including phenoxy) is 3. The summed E-state index contributed by atoms with van der Waals surface area (Å²) in [7, 11) is 0. The molecule has 0 amide bonds. The van der Waals surface area contributed by atoms with Crippen LogP contribution in [-0.2, 0) is 27.5 Å². The van der Waals surface area contributed by atoms with E-state index in [1.165, 1.54) is 6.20 Å². The van der Waals surface area contributed by atoms with Crippen LogP contribution in [0.3, 0.4) is 0 Å². The van der Waals surface area contributed by atoms with Gasteiger partial charge in [0.2, 0.25) is 6.29 Å². The van der Waals surface area contributed by atoms with E-state index in [9.17, 15) is 30.3 Å². The maximum Gasteiger partial charge on any atom is 0.305 e. The number of esters is 1. The van der Waals surface area contributed by atoms with Crippen LogP contribution in [0.15, 0.2) is 6.20 Å². The lowest BCUT2D eigenvalue weighted by atomic mass is 9.99. The smallest absolute Gasteiger partial charge is 0.305 e. The van der Waals surface area contributed by atoms with E-state index in [-0.39, 0.29) is 30.9 Å². The number of carbonyl (C=O) groups is 1. The summed E-state index contributed by atoms with van der Waals surface area (Å²) in [5.74, 6) is -0.344. The molecular formula is C22H35NO9. The van der Waals surface area contributed by atoms with Crippen LogP contribution >= 0.6 is 0 Å². The molecule has 1 aromatic rings. The van der Waals surface area contributed by atoms with Crippen molar-refractivity contribution in [1.82, 2.24) is 4.98 Å². The molecule has 0 unspecified atom stereocenters. The summed E-state index contributed by atoms with van der Waals surface area (Å²) in [5.41, 5.74) is 0.972. The van der Waals surface area contributed by atoms with E-state index in [2.05, 4.69) is 11.9 Å². The first-order chi connectivity index (χ1) is 15.3. The van der Waals surface area contributed by atoms with Crippen LogP contribution < -0.4 is 4.74 Å². The molecule has 182 valence electrons. The predicted molar refractivity (Wildman–Crippen MR) is 112 cm³/mol. The SMILES string of the molecule is CCCCCCCC(=O)OC[C@H]1O[C@@H](Oc2c(C)ncc(CO)c2CO)[C@H](O)[C@@H](O)[C@@H]1O. The summed E-state index contributed by atoms with van der Waals surface area (Å²) >= 11 is 0. The van der Waals surface area contributed by atoms with Gasteiger partial charge in [-0.1, -0.05) is 32.6 Å². The van der Waals surface area contributed by atoms with Crippen LogP contribution in [0.25, 0.3) is 0 Å². The first-order valence-corrected chi connectivity index (χ1v) is 11.0. The van der Waals surface area contributed by atoms with Crippen molar-refractivity contribution in [3.05, 3.63) is 23.0 Å². The normalized spacial score (nSPS) is 25.5. The van der Waals surface area contributed by atoms with Gasteiger partial charge in [0, 0.05) is 23.7 Å². The second-order valence-corrected chi connectivity index (χ2v) is 7.97. The molecule has 1 aromatic heterocycles. The van der Waals surface area contributed by atoms with Crippen LogP contribution in [0.5, 0.6) is 5.75 Å². The van der Waals surface area contributed by atoms with Crippen molar-refractivity contribution in [1.29, 1.82) is 0 Å². The molecule has 0 saturated carbocycles. The Kier molecular flexibility index (Phi) is 10.8. The number of aliphatic hydroxyl groups is 5. The number of pyridine rings is 1. The average Bonchev–Trinajstić information content (AvgIpc) is 2.79. The first-order valence-electron chi connectivity index (χ1n) is 11.0. The topological polar surface area (TPSA) is 159 Å². The summed E-state index contributed by atoms with van der Waals surface area (Å²) in [6.45, 7) is 2.56. The number of unbranched alkanes of at least 4 members (excludes halogenated alkanes) is 4. The minimum absolute atomic E-state index is 0.0921. The zero-order valence-electron chi connectivity index (χ0n) is 18.6. The van der Waals surface area contributed by atoms with Gasteiger partial charge in [-0.2, -0.15) is 0 Å². The van der Waals surface area contributed by atoms with Gasteiger partial charge < -0.3 is 39.7 Å². The van der Waals surface area contributed by atoms with E-state index >= 15 is 0 Å². The maximum absolute atomic E-state index is 12.0. The third kappa shape index (κ3) is 6.84. The summed E-state index contributed by atoms with van der Waals surface area (Å²) in [4.78, 5) is 16.1. The number of rotatable bonds is 12. The molecule has 0 spiro atoms. The van der Waals surface area contributed by atoms with E-state index in [1.54, 1.807) is 6.92 Å². The standard InChI is InChI=1S/C22H35NO9/c1-3-4-5-6-7-8-17(26)30-12-16-18(27)19(28)20(29)22(31-16)32-21-13(2)23-9-14(10-24)15(21)11-25/h9,16,18-20,22,24-25,27-29H,3-8,10-12H2,1-2H3/t16-,18-,19+,20-,22+/m1/s1. The van der Waals surface area contributed by atoms with Gasteiger partial charge in [0.05, 0.1) is 18.9 Å². The van der Waals surface area contributed by atoms with Gasteiger partial charge in [-0.25, -0.2) is 0 Å². The molecule has 32 heavy (non-hydrogen) atoms. The Bertz CT molecular complexity index is 730. The third-order valence-corrected chi connectivity index (χ3v) is 5.53. The van der Waals surface area contributed by atoms with Crippen molar-refractivity contribution in [3.8, 4) is 5.75 Å². The fourth-order valence-electron chi connectivity index (χ4n) is 3.53. The van der Waals surface area contributed by atoms with E-state index in [0.29, 0.717) is 17.7 Å². The Labute approximate surface area is 187 Å². The summed E-state index contributed by atoms with van der Waals surface area (Å²) in [5, 5.41) is 50.0. The quantitative estimate of drug-likeness (QED) is 0.220. The summed E-state index contributed by atoms with van der Waals surface area (Å²) in [6.07, 6.45) is -0.715. The molecular weight excluding hydrogens is 422 g/mol. The maximum atomic E-state index is 12.0. The van der Waals surface area contributed by atoms with E-state index in [0.717, 1.165) is 25.7 Å². The van der Waals surface area contributed by atoms with Crippen molar-refractivity contribution in [2.45, 2.75) is 96.3 Å². The van der Waals surface area contributed by atoms with Gasteiger partial charge in [-0.15, -0.1) is 0 Å². The van der Waals surface area contributed by atoms with Crippen LogP contribution in [-0.4, -0.2) is 73.8 Å². The minimum atomic E-state index is -1.61. The van der Waals surface area contributed by atoms with Gasteiger partial charge >= 0.3 is 5.97 Å². The van der Waals surface area contributed by atoms with E-state index < -0.39 is 43.3 Å². The number of nitrogens with zero attached hydrogens (tertiary/aromatic N) is 1. The molecule has 1 saturated heterocycles. The molecule has 0 bridgehead atoms. The lowest BCUT2D eigenvalue weighted by molar-refractivity contribution is -0.278. The Morgan fingerprint density at radius 1 is 1.06 bits per heavy atom. The van der Waals surface area contributed by atoms with Crippen molar-refractivity contribution in [3.63, 3.8) is 0 Å². The lowest BCUT2D eigenvalue weighted by Gasteiger charge is -2.40. The Balaban J connectivity index is 2.01. The highest BCUT2D eigenvalue weighted by molar-refractivity contribution is 5.69. The number of aliphatic hydroxyl groups excluding tert-OH is 5. The average molecular weight is 458 g/mol. The number of aryl methyl sites for hydroxylation is 1. The Morgan fingerprint density at radius 3 is 2.44 bits per heavy atom. The molecule has 0 aromatic carbocycles. The molecule has 10 nitrogen and oxygen atoms in total. The zero-order valence-corrected chi connectivity index (χ0v) is 18.6. The zero-order chi connectivity index (χ0) is 23.7. The fourth-order valence-corrected chi connectivity index (χ4v) is 3.53. The lowest BCUT2D eigenvalue weighted by Crippen LogP contribution is -2.60. The summed E-state index contributed by atoms with van der Waals surface area (Å²) < 4.78 is 16.5. The molecule has 5 N–H and O–H groups in total. The van der Waals surface area contributed by atoms with Crippen molar-refractivity contribution in [2.24, 2.45) is 0 Å². The van der Waals surface area contributed by atoms with Crippen LogP contribution in [0, 0.1) is 6.92 Å². The number of hydrogen-bond donors (Lipinski definition) is 5. The Hall–Kier alpha value is -1.82. The van der Waals surface area contributed by atoms with Crippen molar-refractivity contribution >= 4 is 5.97 Å². The molecule has 2 heterocycles. The molecule has 10 heteroatoms. The van der Waals surface area contributed by atoms with Crippen molar-refractivity contribution < 1.29 is 44.5 Å². The molecule has 1 fully saturated rings. The van der Waals surface area contributed by atoms with Crippen molar-refractivity contribution in [2.75, 3.05) is 6.61 Å². The minimum Gasteiger partial charge on any atom is -0.463 e. The van der Waals surface area contributed by atoms with Gasteiger partial charge in [-0.3, -0.25) is 9.78 Å². The molecule has 1 aliphatic rings. The molecule has 0 radical (unpaired) electrons. The van der Waals surface area contributed by atoms with E-state index in [4.69, 9.17) is 14.2 Å². The fraction of sp³-hybridized carbons (Fsp3) is 0.727. The van der Waals surface area contributed by atoms with Gasteiger partial charge in [0.15, 0.2) is 0 Å². The largest absolute Gasteiger partial charge is 0.463 e. The van der Waals surface area contributed by atoms with Crippen LogP contribution in [0.4, 0.5) is 0 Å². The van der Waals surface area contributed by atoms with Crippen LogP contribution in [0.1, 0.15) is 62.3 Å². The second kappa shape index (κ2) is 13.0. The van der Waals surface area contributed by atoms with Gasteiger partial charge in [0.1, 0.15) is 36.8 Å². The third-order valence-electron chi connectivity index (χ3n) is 5.53. The van der Waals surface area contributed by atoms with Crippen LogP contribution in [0.2, 0.25) is 0 Å². The highest BCUT2D eigenvalue weighted by Crippen LogP contribution is 2.30. The summed E-state index contributed by atoms with van der Waals surface area (Å²) in [6, 6.07) is 0. The second-order valence-electron chi connectivity index (χ2n) is 7.97. The highest BCUT2D eigenvalue weighted by Gasteiger charge is 2.45. The molecule has 1 aliphatic heterocycles. The molecule has 5 atom stereocenters. The monoisotopic (exact) mass is 457 g/mol. The molecule has 2 rings (SSSR count). The number of hydrogen-bond acceptors (Lipinski definition) is 10. The Morgan fingerprint density at radius 2 is 1.78 bits per heavy atom. The first kappa shape index (κ1) is 26.4. The number of aromatic nitrogens is 1. The van der Waals surface area contributed by atoms with Gasteiger partial charge in [0.25, 0.3) is 0 Å². The highest BCUT2D eigenvalue weighted by atomic mass is 16.7.